The number of phenolic OH excluding ortho intramolecular Hbond substituents is 1. The standard InChI is InChI=1S/C13H20N2O2S/c1-3-18-7-6-9(2)15-13(17)11-8-10(16)4-5-12(11)14/h4-5,8-9,16H,3,6-7,14H2,1-2H3,(H,15,17). The lowest BCUT2D eigenvalue weighted by Crippen LogP contribution is -2.33. The Morgan fingerprint density at radius 1 is 1.56 bits per heavy atom. The molecule has 1 amide bonds. The highest BCUT2D eigenvalue weighted by molar-refractivity contribution is 7.99. The highest BCUT2D eigenvalue weighted by Gasteiger charge is 2.13. The maximum Gasteiger partial charge on any atom is 0.253 e. The number of rotatable bonds is 6. The van der Waals surface area contributed by atoms with Gasteiger partial charge in [0.1, 0.15) is 5.75 Å². The number of nitrogens with two attached hydrogens (primary N) is 1. The summed E-state index contributed by atoms with van der Waals surface area (Å²) in [5.41, 5.74) is 6.41. The first kappa shape index (κ1) is 14.7. The maximum absolute atomic E-state index is 12.0. The molecule has 1 unspecified atom stereocenters. The number of hydrogen-bond acceptors (Lipinski definition) is 4. The fourth-order valence-electron chi connectivity index (χ4n) is 1.52. The average molecular weight is 268 g/mol. The second kappa shape index (κ2) is 7.16. The van der Waals surface area contributed by atoms with E-state index in [1.165, 1.54) is 18.2 Å². The van der Waals surface area contributed by atoms with Crippen molar-refractivity contribution < 1.29 is 9.90 Å². The predicted octanol–water partition coefficient (Wildman–Crippen LogP) is 2.24. The molecule has 5 heteroatoms. The minimum Gasteiger partial charge on any atom is -0.508 e. The summed E-state index contributed by atoms with van der Waals surface area (Å²) in [4.78, 5) is 12.0. The van der Waals surface area contributed by atoms with Crippen LogP contribution in [0.2, 0.25) is 0 Å². The van der Waals surface area contributed by atoms with Gasteiger partial charge in [0.2, 0.25) is 0 Å². The SMILES string of the molecule is CCSCCC(C)NC(=O)c1cc(O)ccc1N. The van der Waals surface area contributed by atoms with Gasteiger partial charge in [-0.25, -0.2) is 0 Å². The summed E-state index contributed by atoms with van der Waals surface area (Å²) in [7, 11) is 0. The number of anilines is 1. The molecular weight excluding hydrogens is 248 g/mol. The number of nitrogen functional groups attached to an aromatic ring is 1. The predicted molar refractivity (Wildman–Crippen MR) is 77.1 cm³/mol. The Kier molecular flexibility index (Phi) is 5.85. The van der Waals surface area contributed by atoms with Crippen molar-refractivity contribution in [1.82, 2.24) is 5.32 Å². The van der Waals surface area contributed by atoms with Gasteiger partial charge in [0.05, 0.1) is 5.56 Å². The molecule has 1 aromatic rings. The maximum atomic E-state index is 12.0. The molecule has 0 aliphatic carbocycles. The van der Waals surface area contributed by atoms with Crippen molar-refractivity contribution in [2.24, 2.45) is 0 Å². The molecule has 0 spiro atoms. The third-order valence-electron chi connectivity index (χ3n) is 2.56. The van der Waals surface area contributed by atoms with Gasteiger partial charge in [0, 0.05) is 11.7 Å². The molecule has 0 saturated carbocycles. The van der Waals surface area contributed by atoms with E-state index in [2.05, 4.69) is 12.2 Å². The van der Waals surface area contributed by atoms with E-state index in [1.807, 2.05) is 18.7 Å². The second-order valence-electron chi connectivity index (χ2n) is 4.13. The van der Waals surface area contributed by atoms with Gasteiger partial charge in [0.15, 0.2) is 0 Å². The van der Waals surface area contributed by atoms with Crippen LogP contribution in [0.5, 0.6) is 5.75 Å². The molecule has 4 N–H and O–H groups in total. The average Bonchev–Trinajstić information content (AvgIpc) is 2.32. The quantitative estimate of drug-likeness (QED) is 0.420. The van der Waals surface area contributed by atoms with Crippen LogP contribution >= 0.6 is 11.8 Å². The number of nitrogens with one attached hydrogen (secondary N) is 1. The van der Waals surface area contributed by atoms with Crippen molar-refractivity contribution >= 4 is 23.4 Å². The summed E-state index contributed by atoms with van der Waals surface area (Å²) in [6.07, 6.45) is 0.920. The first-order chi connectivity index (χ1) is 8.54. The molecule has 1 atom stereocenters. The summed E-state index contributed by atoms with van der Waals surface area (Å²) in [6.45, 7) is 4.08. The number of amides is 1. The number of carbonyl (C=O) groups excluding carboxylic acids is 1. The zero-order valence-electron chi connectivity index (χ0n) is 10.8. The van der Waals surface area contributed by atoms with Crippen LogP contribution in [0.4, 0.5) is 5.69 Å². The molecule has 1 rings (SSSR count). The second-order valence-corrected chi connectivity index (χ2v) is 5.53. The van der Waals surface area contributed by atoms with Crippen molar-refractivity contribution in [3.05, 3.63) is 23.8 Å². The van der Waals surface area contributed by atoms with Gasteiger partial charge < -0.3 is 16.2 Å². The molecule has 0 aliphatic rings. The van der Waals surface area contributed by atoms with Crippen molar-refractivity contribution in [1.29, 1.82) is 0 Å². The fourth-order valence-corrected chi connectivity index (χ4v) is 2.33. The van der Waals surface area contributed by atoms with Gasteiger partial charge >= 0.3 is 0 Å². The highest BCUT2D eigenvalue weighted by Crippen LogP contribution is 2.18. The van der Waals surface area contributed by atoms with Crippen molar-refractivity contribution in [2.45, 2.75) is 26.3 Å². The van der Waals surface area contributed by atoms with E-state index in [0.29, 0.717) is 11.3 Å². The van der Waals surface area contributed by atoms with Gasteiger partial charge in [-0.3, -0.25) is 4.79 Å². The van der Waals surface area contributed by atoms with Crippen LogP contribution in [0.3, 0.4) is 0 Å². The molecule has 0 saturated heterocycles. The van der Waals surface area contributed by atoms with E-state index in [1.54, 1.807) is 0 Å². The van der Waals surface area contributed by atoms with Crippen LogP contribution in [0, 0.1) is 0 Å². The zero-order valence-corrected chi connectivity index (χ0v) is 11.6. The number of hydrogen-bond donors (Lipinski definition) is 3. The molecule has 4 nitrogen and oxygen atoms in total. The fraction of sp³-hybridized carbons (Fsp3) is 0.462. The van der Waals surface area contributed by atoms with E-state index in [4.69, 9.17) is 5.73 Å². The Morgan fingerprint density at radius 3 is 2.94 bits per heavy atom. The van der Waals surface area contributed by atoms with Crippen LogP contribution in [-0.2, 0) is 0 Å². The lowest BCUT2D eigenvalue weighted by Gasteiger charge is -2.14. The van der Waals surface area contributed by atoms with Gasteiger partial charge in [-0.1, -0.05) is 6.92 Å². The van der Waals surface area contributed by atoms with Crippen molar-refractivity contribution in [3.8, 4) is 5.75 Å². The molecule has 0 bridgehead atoms. The Morgan fingerprint density at radius 2 is 2.28 bits per heavy atom. The number of thioether (sulfide) groups is 1. The van der Waals surface area contributed by atoms with Crippen LogP contribution in [-0.4, -0.2) is 28.6 Å². The van der Waals surface area contributed by atoms with Crippen LogP contribution < -0.4 is 11.1 Å². The minimum absolute atomic E-state index is 0.0449. The minimum atomic E-state index is -0.239. The summed E-state index contributed by atoms with van der Waals surface area (Å²) in [6, 6.07) is 4.48. The number of carbonyl (C=O) groups is 1. The van der Waals surface area contributed by atoms with E-state index in [9.17, 15) is 9.90 Å². The molecule has 0 fully saturated rings. The normalized spacial score (nSPS) is 12.1. The molecule has 18 heavy (non-hydrogen) atoms. The Bertz CT molecular complexity index is 410. The lowest BCUT2D eigenvalue weighted by molar-refractivity contribution is 0.0940. The van der Waals surface area contributed by atoms with E-state index in [0.717, 1.165) is 17.9 Å². The summed E-state index contributed by atoms with van der Waals surface area (Å²) in [5, 5.41) is 12.2. The van der Waals surface area contributed by atoms with Gasteiger partial charge in [0.25, 0.3) is 5.91 Å². The Labute approximate surface area is 112 Å². The summed E-state index contributed by atoms with van der Waals surface area (Å²) < 4.78 is 0. The van der Waals surface area contributed by atoms with E-state index < -0.39 is 0 Å². The first-order valence-electron chi connectivity index (χ1n) is 6.01. The third kappa shape index (κ3) is 4.49. The van der Waals surface area contributed by atoms with Crippen molar-refractivity contribution in [3.63, 3.8) is 0 Å². The van der Waals surface area contributed by atoms with Crippen LogP contribution in [0.1, 0.15) is 30.6 Å². The molecule has 0 heterocycles. The molecular formula is C13H20N2O2S. The van der Waals surface area contributed by atoms with Crippen LogP contribution in [0.15, 0.2) is 18.2 Å². The topological polar surface area (TPSA) is 75.3 Å². The first-order valence-corrected chi connectivity index (χ1v) is 7.17. The zero-order chi connectivity index (χ0) is 13.5. The van der Waals surface area contributed by atoms with Gasteiger partial charge in [-0.15, -0.1) is 0 Å². The number of benzene rings is 1. The lowest BCUT2D eigenvalue weighted by atomic mass is 10.1. The molecule has 1 aromatic carbocycles. The molecule has 0 radical (unpaired) electrons. The van der Waals surface area contributed by atoms with E-state index in [-0.39, 0.29) is 17.7 Å². The smallest absolute Gasteiger partial charge is 0.253 e. The molecule has 100 valence electrons. The van der Waals surface area contributed by atoms with Crippen molar-refractivity contribution in [2.75, 3.05) is 17.2 Å². The molecule has 0 aliphatic heterocycles. The number of aromatic hydroxyl groups is 1. The Balaban J connectivity index is 2.56. The third-order valence-corrected chi connectivity index (χ3v) is 3.49. The molecule has 0 aromatic heterocycles. The van der Waals surface area contributed by atoms with E-state index >= 15 is 0 Å². The summed E-state index contributed by atoms with van der Waals surface area (Å²) >= 11 is 1.85. The summed E-state index contributed by atoms with van der Waals surface area (Å²) in [5.74, 6) is 1.91. The number of phenols is 1. The van der Waals surface area contributed by atoms with Crippen LogP contribution in [0.25, 0.3) is 0 Å². The Hall–Kier alpha value is -1.36. The monoisotopic (exact) mass is 268 g/mol. The highest BCUT2D eigenvalue weighted by atomic mass is 32.2. The largest absolute Gasteiger partial charge is 0.508 e. The van der Waals surface area contributed by atoms with Gasteiger partial charge in [-0.2, -0.15) is 11.8 Å². The van der Waals surface area contributed by atoms with Gasteiger partial charge in [-0.05, 0) is 43.0 Å².